The highest BCUT2D eigenvalue weighted by Gasteiger charge is 2.32. The number of allylic oxidation sites excluding steroid dienone is 2. The zero-order chi connectivity index (χ0) is 17.2. The molecule has 4 nitrogen and oxygen atoms in total. The number of nitrogens with zero attached hydrogens (tertiary/aromatic N) is 1. The van der Waals surface area contributed by atoms with E-state index >= 15 is 0 Å². The van der Waals surface area contributed by atoms with E-state index in [4.69, 9.17) is 9.57 Å². The van der Waals surface area contributed by atoms with Crippen LogP contribution in [0.3, 0.4) is 0 Å². The van der Waals surface area contributed by atoms with Crippen LogP contribution >= 0.6 is 11.8 Å². The molecule has 0 aromatic heterocycles. The van der Waals surface area contributed by atoms with Crippen molar-refractivity contribution in [1.29, 1.82) is 0 Å². The third kappa shape index (κ3) is 6.21. The van der Waals surface area contributed by atoms with E-state index < -0.39 is 0 Å². The van der Waals surface area contributed by atoms with E-state index in [0.29, 0.717) is 29.8 Å². The fraction of sp³-hybridized carbons (Fsp3) is 0.778. The predicted octanol–water partition coefficient (Wildman–Crippen LogP) is 4.59. The number of carbonyl (C=O) groups is 1. The topological polar surface area (TPSA) is 47.9 Å². The summed E-state index contributed by atoms with van der Waals surface area (Å²) < 4.78 is 5.57. The number of rotatable bonds is 10. The molecule has 1 aliphatic carbocycles. The summed E-state index contributed by atoms with van der Waals surface area (Å²) in [5, 5.41) is 4.75. The first-order chi connectivity index (χ1) is 11.1. The molecule has 23 heavy (non-hydrogen) atoms. The maximum atomic E-state index is 12.7. The summed E-state index contributed by atoms with van der Waals surface area (Å²) in [6.07, 6.45) is 4.12. The van der Waals surface area contributed by atoms with Crippen molar-refractivity contribution >= 4 is 23.3 Å². The first-order valence-corrected chi connectivity index (χ1v) is 9.73. The molecular weight excluding hydrogens is 310 g/mol. The van der Waals surface area contributed by atoms with Gasteiger partial charge in [0.25, 0.3) is 0 Å². The number of thioether (sulfide) groups is 1. The van der Waals surface area contributed by atoms with Crippen LogP contribution in [0.5, 0.6) is 0 Å². The molecule has 5 heteroatoms. The van der Waals surface area contributed by atoms with E-state index in [9.17, 15) is 4.79 Å². The molecule has 0 radical (unpaired) electrons. The number of hydrogen-bond acceptors (Lipinski definition) is 5. The summed E-state index contributed by atoms with van der Waals surface area (Å²) in [5.41, 5.74) is 1.40. The molecule has 0 bridgehead atoms. The van der Waals surface area contributed by atoms with Gasteiger partial charge in [0.05, 0.1) is 18.4 Å². The number of ketones is 1. The van der Waals surface area contributed by atoms with Gasteiger partial charge in [0.15, 0.2) is 5.78 Å². The Balaban J connectivity index is 2.96. The van der Waals surface area contributed by atoms with Crippen LogP contribution in [0.25, 0.3) is 0 Å². The first kappa shape index (κ1) is 20.1. The summed E-state index contributed by atoms with van der Waals surface area (Å²) in [4.78, 5) is 17.9. The molecule has 0 spiro atoms. The fourth-order valence-electron chi connectivity index (χ4n) is 3.05. The van der Waals surface area contributed by atoms with Gasteiger partial charge in [-0.1, -0.05) is 32.3 Å². The summed E-state index contributed by atoms with van der Waals surface area (Å²) in [6.45, 7) is 8.89. The lowest BCUT2D eigenvalue weighted by Gasteiger charge is -2.27. The zero-order valence-corrected chi connectivity index (χ0v) is 16.0. The molecule has 0 aromatic rings. The van der Waals surface area contributed by atoms with Crippen LogP contribution in [0.2, 0.25) is 0 Å². The highest BCUT2D eigenvalue weighted by Crippen LogP contribution is 2.34. The van der Waals surface area contributed by atoms with Crippen LogP contribution in [-0.2, 0) is 14.4 Å². The van der Waals surface area contributed by atoms with E-state index in [0.717, 1.165) is 42.9 Å². The maximum absolute atomic E-state index is 12.7. The Morgan fingerprint density at radius 2 is 2.09 bits per heavy atom. The maximum Gasteiger partial charge on any atom is 0.168 e. The Morgan fingerprint density at radius 3 is 2.65 bits per heavy atom. The van der Waals surface area contributed by atoms with Crippen molar-refractivity contribution in [3.8, 4) is 0 Å². The minimum atomic E-state index is 0.152. The van der Waals surface area contributed by atoms with Crippen LogP contribution in [0, 0.1) is 5.92 Å². The molecule has 2 atom stereocenters. The van der Waals surface area contributed by atoms with Gasteiger partial charge in [0, 0.05) is 18.1 Å². The van der Waals surface area contributed by atoms with Crippen molar-refractivity contribution in [3.05, 3.63) is 11.3 Å². The molecule has 0 aliphatic heterocycles. The second kappa shape index (κ2) is 10.7. The Hall–Kier alpha value is -0.970. The summed E-state index contributed by atoms with van der Waals surface area (Å²) >= 11 is 1.95. The molecule has 0 saturated carbocycles. The van der Waals surface area contributed by atoms with E-state index in [1.54, 1.807) is 7.11 Å². The van der Waals surface area contributed by atoms with Gasteiger partial charge < -0.3 is 9.57 Å². The van der Waals surface area contributed by atoms with Gasteiger partial charge in [-0.3, -0.25) is 4.79 Å². The number of ether oxygens (including phenoxy) is 1. The van der Waals surface area contributed by atoms with Crippen LogP contribution in [0.15, 0.2) is 16.5 Å². The molecule has 132 valence electrons. The van der Waals surface area contributed by atoms with Crippen LogP contribution in [0.1, 0.15) is 59.8 Å². The highest BCUT2D eigenvalue weighted by atomic mass is 32.2. The second-order valence-corrected chi connectivity index (χ2v) is 7.62. The molecule has 1 rings (SSSR count). The Bertz CT molecular complexity index is 446. The van der Waals surface area contributed by atoms with Crippen molar-refractivity contribution in [2.45, 2.75) is 65.0 Å². The average Bonchev–Trinajstić information content (AvgIpc) is 2.51. The van der Waals surface area contributed by atoms with Gasteiger partial charge >= 0.3 is 0 Å². The minimum Gasteiger partial charge on any atom is -0.500 e. The largest absolute Gasteiger partial charge is 0.500 e. The molecule has 0 aromatic carbocycles. The van der Waals surface area contributed by atoms with Crippen molar-refractivity contribution < 1.29 is 14.4 Å². The lowest BCUT2D eigenvalue weighted by atomic mass is 9.82. The van der Waals surface area contributed by atoms with Crippen molar-refractivity contribution in [2.75, 3.05) is 19.5 Å². The third-order valence-corrected chi connectivity index (χ3v) is 5.04. The zero-order valence-electron chi connectivity index (χ0n) is 15.2. The first-order valence-electron chi connectivity index (χ1n) is 8.68. The Kier molecular flexibility index (Phi) is 9.37. The predicted molar refractivity (Wildman–Crippen MR) is 97.9 cm³/mol. The molecule has 0 fully saturated rings. The van der Waals surface area contributed by atoms with Gasteiger partial charge in [0.1, 0.15) is 12.4 Å². The number of oxime groups is 1. The van der Waals surface area contributed by atoms with Gasteiger partial charge in [-0.2, -0.15) is 11.8 Å². The summed E-state index contributed by atoms with van der Waals surface area (Å²) in [6, 6.07) is 0. The van der Waals surface area contributed by atoms with E-state index in [1.165, 1.54) is 0 Å². The SMILES string of the molecule is CCC/C(=N/OCC)C1=C(OC)C[C@@H](C[C@@H](C)SCC)CC1=O. The van der Waals surface area contributed by atoms with Crippen LogP contribution < -0.4 is 0 Å². The smallest absolute Gasteiger partial charge is 0.168 e. The van der Waals surface area contributed by atoms with E-state index in [1.807, 2.05) is 18.7 Å². The molecule has 1 aliphatic rings. The Labute approximate surface area is 145 Å². The van der Waals surface area contributed by atoms with Crippen molar-refractivity contribution in [3.63, 3.8) is 0 Å². The van der Waals surface area contributed by atoms with Gasteiger partial charge in [-0.05, 0) is 31.4 Å². The normalized spacial score (nSPS) is 20.7. The molecule has 0 N–H and O–H groups in total. The Morgan fingerprint density at radius 1 is 1.35 bits per heavy atom. The van der Waals surface area contributed by atoms with Crippen LogP contribution in [-0.4, -0.2) is 36.2 Å². The second-order valence-electron chi connectivity index (χ2n) is 5.91. The average molecular weight is 342 g/mol. The highest BCUT2D eigenvalue weighted by molar-refractivity contribution is 7.99. The van der Waals surface area contributed by atoms with Gasteiger partial charge in [-0.25, -0.2) is 0 Å². The number of Topliss-reactive ketones (excluding diaryl/α,β-unsaturated/α-hetero) is 1. The minimum absolute atomic E-state index is 0.152. The molecular formula is C18H31NO3S. The summed E-state index contributed by atoms with van der Waals surface area (Å²) in [7, 11) is 1.65. The lowest BCUT2D eigenvalue weighted by Crippen LogP contribution is -2.26. The van der Waals surface area contributed by atoms with Crippen LogP contribution in [0.4, 0.5) is 0 Å². The van der Waals surface area contributed by atoms with Crippen molar-refractivity contribution in [1.82, 2.24) is 0 Å². The number of hydrogen-bond donors (Lipinski definition) is 0. The quantitative estimate of drug-likeness (QED) is 0.431. The van der Waals surface area contributed by atoms with Crippen molar-refractivity contribution in [2.24, 2.45) is 11.1 Å². The number of methoxy groups -OCH3 is 1. The van der Waals surface area contributed by atoms with Gasteiger partial charge in [0.2, 0.25) is 0 Å². The lowest BCUT2D eigenvalue weighted by molar-refractivity contribution is -0.117. The molecule has 0 amide bonds. The fourth-order valence-corrected chi connectivity index (χ4v) is 4.02. The standard InChI is InChI=1S/C18H31NO3S/c1-6-9-15(19-22-7-2)18-16(20)11-14(12-17(18)21-5)10-13(4)23-8-3/h13-14H,6-12H2,1-5H3/b19-15-/t13-,14+/m1/s1. The number of carbonyl (C=O) groups excluding carboxylic acids is 1. The molecule has 0 heterocycles. The molecule has 0 saturated heterocycles. The summed E-state index contributed by atoms with van der Waals surface area (Å²) in [5.74, 6) is 2.41. The van der Waals surface area contributed by atoms with E-state index in [-0.39, 0.29) is 5.78 Å². The molecule has 0 unspecified atom stereocenters. The monoisotopic (exact) mass is 341 g/mol. The van der Waals surface area contributed by atoms with E-state index in [2.05, 4.69) is 25.9 Å². The third-order valence-electron chi connectivity index (χ3n) is 3.95. The van der Waals surface area contributed by atoms with Gasteiger partial charge in [-0.15, -0.1) is 0 Å².